The van der Waals surface area contributed by atoms with Crippen LogP contribution in [0.3, 0.4) is 0 Å². The Hall–Kier alpha value is 0.187. The number of hydrogen-bond acceptors (Lipinski definition) is 4. The lowest BCUT2D eigenvalue weighted by Gasteiger charge is -2.31. The molecule has 5 heteroatoms. The Morgan fingerprint density at radius 2 is 1.73 bits per heavy atom. The quantitative estimate of drug-likeness (QED) is 0.649. The zero-order valence-corrected chi connectivity index (χ0v) is 12.3. The normalized spacial score (nSPS) is 15.5. The van der Waals surface area contributed by atoms with Crippen LogP contribution in [0, 0.1) is 0 Å². The van der Waals surface area contributed by atoms with E-state index in [1.807, 2.05) is 6.92 Å². The van der Waals surface area contributed by atoms with Gasteiger partial charge in [0.2, 0.25) is 0 Å². The summed E-state index contributed by atoms with van der Waals surface area (Å²) in [7, 11) is 2.48. The Balaban J connectivity index is 4.74. The molecule has 0 aromatic heterocycles. The van der Waals surface area contributed by atoms with E-state index in [1.165, 1.54) is 4.91 Å². The van der Waals surface area contributed by atoms with Crippen LogP contribution in [0.25, 0.3) is 0 Å². The third kappa shape index (κ3) is 3.92. The fraction of sp³-hybridized carbons (Fsp3) is 0.800. The van der Waals surface area contributed by atoms with Gasteiger partial charge in [0, 0.05) is 21.3 Å². The van der Waals surface area contributed by atoms with Gasteiger partial charge in [-0.1, -0.05) is 13.0 Å². The minimum absolute atomic E-state index is 0.258. The van der Waals surface area contributed by atoms with Crippen molar-refractivity contribution in [2.24, 2.45) is 0 Å². The maximum absolute atomic E-state index is 5.48. The largest absolute Gasteiger partial charge is 0.514 e. The summed E-state index contributed by atoms with van der Waals surface area (Å²) < 4.78 is 16.4. The molecule has 0 saturated carbocycles. The molecule has 0 aliphatic heterocycles. The average molecular weight is 250 g/mol. The zero-order chi connectivity index (χ0) is 11.9. The van der Waals surface area contributed by atoms with Crippen molar-refractivity contribution in [3.05, 3.63) is 11.0 Å². The number of allylic oxidation sites excluding steroid dienone is 2. The molecule has 0 aliphatic rings. The van der Waals surface area contributed by atoms with Gasteiger partial charge >= 0.3 is 8.80 Å². The fourth-order valence-corrected chi connectivity index (χ4v) is 5.88. The van der Waals surface area contributed by atoms with Crippen LogP contribution in [0.1, 0.15) is 27.2 Å². The molecule has 0 bridgehead atoms. The molecule has 0 fully saturated rings. The van der Waals surface area contributed by atoms with Gasteiger partial charge in [-0.2, -0.15) is 0 Å². The van der Waals surface area contributed by atoms with Crippen molar-refractivity contribution in [1.29, 1.82) is 0 Å². The van der Waals surface area contributed by atoms with E-state index in [-0.39, 0.29) is 4.87 Å². The van der Waals surface area contributed by atoms with Crippen molar-refractivity contribution in [2.45, 2.75) is 32.1 Å². The third-order valence-corrected chi connectivity index (χ3v) is 7.70. The molecular formula is C10H22O3SSi. The Morgan fingerprint density at radius 3 is 2.00 bits per heavy atom. The fourth-order valence-electron chi connectivity index (χ4n) is 1.34. The molecule has 0 N–H and O–H groups in total. The highest BCUT2D eigenvalue weighted by Crippen LogP contribution is 2.31. The van der Waals surface area contributed by atoms with E-state index in [0.29, 0.717) is 0 Å². The monoisotopic (exact) mass is 250 g/mol. The molecule has 0 radical (unpaired) electrons. The van der Waals surface area contributed by atoms with Gasteiger partial charge in [0.25, 0.3) is 0 Å². The smallest absolute Gasteiger partial charge is 0.376 e. The van der Waals surface area contributed by atoms with Crippen molar-refractivity contribution in [2.75, 3.05) is 21.3 Å². The van der Waals surface area contributed by atoms with Crippen LogP contribution in [0.4, 0.5) is 0 Å². The van der Waals surface area contributed by atoms with E-state index in [9.17, 15) is 0 Å². The van der Waals surface area contributed by atoms with E-state index >= 15 is 0 Å². The molecule has 0 rings (SSSR count). The summed E-state index contributed by atoms with van der Waals surface area (Å²) in [6.07, 6.45) is 3.06. The minimum atomic E-state index is -2.50. The topological polar surface area (TPSA) is 27.7 Å². The van der Waals surface area contributed by atoms with E-state index in [2.05, 4.69) is 19.9 Å². The summed E-state index contributed by atoms with van der Waals surface area (Å²) in [4.78, 5) is 1.53. The first kappa shape index (κ1) is 15.2. The third-order valence-electron chi connectivity index (χ3n) is 2.35. The van der Waals surface area contributed by atoms with Crippen molar-refractivity contribution >= 4 is 20.6 Å². The average Bonchev–Trinajstić information content (AvgIpc) is 2.29. The van der Waals surface area contributed by atoms with E-state index < -0.39 is 8.80 Å². The first-order valence-corrected chi connectivity index (χ1v) is 7.73. The first-order chi connectivity index (χ1) is 7.10. The van der Waals surface area contributed by atoms with Crippen LogP contribution in [0.2, 0.25) is 0 Å². The second kappa shape index (κ2) is 7.46. The molecule has 0 aliphatic carbocycles. The van der Waals surface area contributed by atoms with Crippen molar-refractivity contribution in [3.8, 4) is 0 Å². The predicted octanol–water partition coefficient (Wildman–Crippen LogP) is 2.84. The van der Waals surface area contributed by atoms with Crippen molar-refractivity contribution in [3.63, 3.8) is 0 Å². The van der Waals surface area contributed by atoms with E-state index in [0.717, 1.165) is 6.42 Å². The Bertz CT molecular complexity index is 197. The van der Waals surface area contributed by atoms with Crippen LogP contribution in [0.15, 0.2) is 11.0 Å². The highest BCUT2D eigenvalue weighted by molar-refractivity contribution is 8.05. The van der Waals surface area contributed by atoms with Crippen molar-refractivity contribution in [1.82, 2.24) is 0 Å². The molecule has 90 valence electrons. The van der Waals surface area contributed by atoms with Crippen LogP contribution in [0.5, 0.6) is 0 Å². The summed E-state index contributed by atoms with van der Waals surface area (Å²) in [6, 6.07) is 0. The summed E-state index contributed by atoms with van der Waals surface area (Å²) in [5.41, 5.74) is 0. The lowest BCUT2D eigenvalue weighted by molar-refractivity contribution is 0.121. The highest BCUT2D eigenvalue weighted by Gasteiger charge is 2.46. The number of rotatable bonds is 7. The van der Waals surface area contributed by atoms with Crippen LogP contribution < -0.4 is 0 Å². The Kier molecular flexibility index (Phi) is 7.55. The molecule has 0 amide bonds. The molecule has 0 saturated heterocycles. The van der Waals surface area contributed by atoms with E-state index in [4.69, 9.17) is 13.3 Å². The summed E-state index contributed by atoms with van der Waals surface area (Å²) >= 11 is 1.77. The molecule has 0 heterocycles. The van der Waals surface area contributed by atoms with Gasteiger partial charge in [0.15, 0.2) is 0 Å². The predicted molar refractivity (Wildman–Crippen MR) is 67.9 cm³/mol. The molecular weight excluding hydrogens is 228 g/mol. The molecule has 0 spiro atoms. The lowest BCUT2D eigenvalue weighted by atomic mass is 10.6. The van der Waals surface area contributed by atoms with E-state index in [1.54, 1.807) is 33.1 Å². The van der Waals surface area contributed by atoms with Gasteiger partial charge in [-0.3, -0.25) is 0 Å². The molecule has 0 aromatic carbocycles. The molecule has 1 unspecified atom stereocenters. The van der Waals surface area contributed by atoms with Crippen molar-refractivity contribution < 1.29 is 13.3 Å². The van der Waals surface area contributed by atoms with Gasteiger partial charge in [0.05, 0.1) is 4.87 Å². The number of hydrogen-bond donors (Lipinski definition) is 0. The maximum atomic E-state index is 5.48. The summed E-state index contributed by atoms with van der Waals surface area (Å²) in [6.45, 7) is 6.25. The molecule has 15 heavy (non-hydrogen) atoms. The second-order valence-corrected chi connectivity index (χ2v) is 8.13. The van der Waals surface area contributed by atoms with Gasteiger partial charge in [-0.05, 0) is 25.2 Å². The van der Waals surface area contributed by atoms with Gasteiger partial charge < -0.3 is 13.3 Å². The van der Waals surface area contributed by atoms with Crippen LogP contribution in [-0.4, -0.2) is 35.0 Å². The second-order valence-electron chi connectivity index (χ2n) is 3.13. The summed E-state index contributed by atoms with van der Waals surface area (Å²) in [5, 5.41) is 0. The molecule has 3 nitrogen and oxygen atoms in total. The zero-order valence-electron chi connectivity index (χ0n) is 10.5. The highest BCUT2D eigenvalue weighted by atomic mass is 32.2. The van der Waals surface area contributed by atoms with Crippen LogP contribution >= 0.6 is 11.8 Å². The standard InChI is InChI=1S/C10H22O3SSi/c1-7-9(3)14-10(8-2)15(11-4,12-5)13-6/h7,10H,8H2,1-6H3. The Labute approximate surface area is 98.5 Å². The summed E-state index contributed by atoms with van der Waals surface area (Å²) in [5.74, 6) is 0. The molecule has 1 atom stereocenters. The van der Waals surface area contributed by atoms with Gasteiger partial charge in [-0.15, -0.1) is 11.8 Å². The lowest BCUT2D eigenvalue weighted by Crippen LogP contribution is -2.52. The first-order valence-electron chi connectivity index (χ1n) is 5.05. The minimum Gasteiger partial charge on any atom is -0.376 e. The van der Waals surface area contributed by atoms with Crippen LogP contribution in [-0.2, 0) is 13.3 Å². The van der Waals surface area contributed by atoms with Gasteiger partial charge in [-0.25, -0.2) is 0 Å². The maximum Gasteiger partial charge on any atom is 0.514 e. The molecule has 0 aromatic rings. The number of thioether (sulfide) groups is 1. The SMILES string of the molecule is CC=C(C)SC(CC)[Si](OC)(OC)OC. The van der Waals surface area contributed by atoms with Gasteiger partial charge in [0.1, 0.15) is 0 Å². The Morgan fingerprint density at radius 1 is 1.27 bits per heavy atom.